The summed E-state index contributed by atoms with van der Waals surface area (Å²) in [5.74, 6) is 0.874. The number of aromatic nitrogens is 4. The van der Waals surface area contributed by atoms with Gasteiger partial charge in [-0.3, -0.25) is 9.58 Å². The van der Waals surface area contributed by atoms with E-state index in [2.05, 4.69) is 62.7 Å². The fourth-order valence-electron chi connectivity index (χ4n) is 5.26. The minimum absolute atomic E-state index is 0.618. The van der Waals surface area contributed by atoms with E-state index in [-0.39, 0.29) is 0 Å². The summed E-state index contributed by atoms with van der Waals surface area (Å²) in [7, 11) is 1.94. The fourth-order valence-corrected chi connectivity index (χ4v) is 5.26. The lowest BCUT2D eigenvalue weighted by Gasteiger charge is -2.33. The summed E-state index contributed by atoms with van der Waals surface area (Å²) in [6.07, 6.45) is 8.42. The third-order valence-electron chi connectivity index (χ3n) is 7.22. The molecule has 3 heterocycles. The van der Waals surface area contributed by atoms with Crippen LogP contribution in [0.5, 0.6) is 0 Å². The molecule has 1 aromatic carbocycles. The third kappa shape index (κ3) is 4.04. The highest BCUT2D eigenvalue weighted by molar-refractivity contribution is 5.60. The van der Waals surface area contributed by atoms with E-state index in [1.807, 2.05) is 24.9 Å². The van der Waals surface area contributed by atoms with Gasteiger partial charge in [-0.25, -0.2) is 0 Å². The second-order valence-corrected chi connectivity index (χ2v) is 9.28. The predicted octanol–water partition coefficient (Wildman–Crippen LogP) is 4.42. The summed E-state index contributed by atoms with van der Waals surface area (Å²) in [5.41, 5.74) is 6.15. The predicted molar refractivity (Wildman–Crippen MR) is 119 cm³/mol. The maximum atomic E-state index is 4.50. The van der Waals surface area contributed by atoms with E-state index in [9.17, 15) is 0 Å². The first-order valence-electron chi connectivity index (χ1n) is 11.2. The van der Waals surface area contributed by atoms with Gasteiger partial charge in [0.05, 0.1) is 17.1 Å². The molecule has 0 amide bonds. The van der Waals surface area contributed by atoms with E-state index in [1.54, 1.807) is 0 Å². The molecule has 2 aromatic heterocycles. The Kier molecular flexibility index (Phi) is 5.15. The number of benzene rings is 1. The molecule has 0 bridgehead atoms. The van der Waals surface area contributed by atoms with Crippen LogP contribution in [0.2, 0.25) is 0 Å². The Morgan fingerprint density at radius 2 is 1.83 bits per heavy atom. The molecule has 156 valence electrons. The lowest BCUT2D eigenvalue weighted by molar-refractivity contribution is 0.155. The van der Waals surface area contributed by atoms with Crippen LogP contribution < -0.4 is 0 Å². The van der Waals surface area contributed by atoms with Gasteiger partial charge in [0.25, 0.3) is 0 Å². The van der Waals surface area contributed by atoms with Crippen LogP contribution in [-0.4, -0.2) is 38.0 Å². The molecule has 1 aliphatic carbocycles. The lowest BCUT2D eigenvalue weighted by atomic mass is 9.89. The minimum atomic E-state index is 0.618. The quantitative estimate of drug-likeness (QED) is 0.613. The van der Waals surface area contributed by atoms with Crippen LogP contribution in [0.25, 0.3) is 11.3 Å². The number of nitrogens with zero attached hydrogens (tertiary/aromatic N) is 5. The van der Waals surface area contributed by atoms with Crippen molar-refractivity contribution in [3.05, 3.63) is 65.6 Å². The van der Waals surface area contributed by atoms with Gasteiger partial charge in [-0.15, -0.1) is 0 Å². The number of hydrogen-bond acceptors (Lipinski definition) is 4. The molecule has 3 aromatic rings. The zero-order valence-electron chi connectivity index (χ0n) is 18.1. The van der Waals surface area contributed by atoms with Crippen molar-refractivity contribution in [3.8, 4) is 11.3 Å². The van der Waals surface area contributed by atoms with Crippen LogP contribution in [0, 0.1) is 18.3 Å². The standard InChI is InChI=1S/C25H31N5/c1-19-23(18-29(2)28-19)24-11-10-22(26-27-24)9-8-21-16-25(21)12-14-30(15-13-25)17-20-6-4-3-5-7-20/h3-7,10-11,18,21H,8-9,12-17H2,1-2H3. The van der Waals surface area contributed by atoms with Crippen LogP contribution >= 0.6 is 0 Å². The Balaban J connectivity index is 1.11. The lowest BCUT2D eigenvalue weighted by Crippen LogP contribution is -2.34. The van der Waals surface area contributed by atoms with Gasteiger partial charge in [0, 0.05) is 25.4 Å². The third-order valence-corrected chi connectivity index (χ3v) is 7.22. The Morgan fingerprint density at radius 1 is 1.03 bits per heavy atom. The summed E-state index contributed by atoms with van der Waals surface area (Å²) in [4.78, 5) is 2.63. The smallest absolute Gasteiger partial charge is 0.0964 e. The van der Waals surface area contributed by atoms with Gasteiger partial charge in [-0.05, 0) is 81.1 Å². The summed E-state index contributed by atoms with van der Waals surface area (Å²) in [5, 5.41) is 13.4. The fraction of sp³-hybridized carbons (Fsp3) is 0.480. The van der Waals surface area contributed by atoms with E-state index in [0.717, 1.165) is 41.5 Å². The van der Waals surface area contributed by atoms with Crippen LogP contribution in [0.15, 0.2) is 48.7 Å². The highest BCUT2D eigenvalue weighted by atomic mass is 15.3. The Labute approximate surface area is 179 Å². The molecular weight excluding hydrogens is 370 g/mol. The van der Waals surface area contributed by atoms with Gasteiger partial charge >= 0.3 is 0 Å². The number of likely N-dealkylation sites (tertiary alicyclic amines) is 1. The Morgan fingerprint density at radius 3 is 2.50 bits per heavy atom. The molecule has 5 heteroatoms. The average Bonchev–Trinajstić information content (AvgIpc) is 3.33. The normalized spacial score (nSPS) is 20.5. The van der Waals surface area contributed by atoms with Gasteiger partial charge in [0.1, 0.15) is 0 Å². The Hall–Kier alpha value is -2.53. The second-order valence-electron chi connectivity index (χ2n) is 9.28. The minimum Gasteiger partial charge on any atom is -0.299 e. The van der Waals surface area contributed by atoms with Crippen molar-refractivity contribution in [1.29, 1.82) is 0 Å². The molecule has 1 aliphatic heterocycles. The van der Waals surface area contributed by atoms with E-state index < -0.39 is 0 Å². The highest BCUT2D eigenvalue weighted by Crippen LogP contribution is 2.61. The van der Waals surface area contributed by atoms with Crippen molar-refractivity contribution in [2.24, 2.45) is 18.4 Å². The monoisotopic (exact) mass is 401 g/mol. The van der Waals surface area contributed by atoms with Crippen molar-refractivity contribution in [3.63, 3.8) is 0 Å². The number of rotatable bonds is 6. The van der Waals surface area contributed by atoms with Crippen molar-refractivity contribution < 1.29 is 0 Å². The highest BCUT2D eigenvalue weighted by Gasteiger charge is 2.53. The molecule has 1 saturated heterocycles. The topological polar surface area (TPSA) is 46.8 Å². The Bertz CT molecular complexity index is 984. The summed E-state index contributed by atoms with van der Waals surface area (Å²) in [6.45, 7) is 5.59. The maximum Gasteiger partial charge on any atom is 0.0964 e. The van der Waals surface area contributed by atoms with E-state index >= 15 is 0 Å². The van der Waals surface area contributed by atoms with Gasteiger partial charge in [0.2, 0.25) is 0 Å². The molecule has 2 aliphatic rings. The first-order chi connectivity index (χ1) is 14.6. The van der Waals surface area contributed by atoms with E-state index in [1.165, 1.54) is 44.3 Å². The molecule has 1 unspecified atom stereocenters. The van der Waals surface area contributed by atoms with E-state index in [4.69, 9.17) is 0 Å². The molecule has 1 saturated carbocycles. The SMILES string of the molecule is Cc1nn(C)cc1-c1ccc(CCC2CC23CCN(Cc2ccccc2)CC3)nn1. The van der Waals surface area contributed by atoms with Crippen molar-refractivity contribution in [2.45, 2.75) is 45.6 Å². The zero-order chi connectivity index (χ0) is 20.6. The number of aryl methyl sites for hydroxylation is 3. The summed E-state index contributed by atoms with van der Waals surface area (Å²) < 4.78 is 1.83. The van der Waals surface area contributed by atoms with Crippen molar-refractivity contribution in [2.75, 3.05) is 13.1 Å². The molecule has 0 radical (unpaired) electrons. The van der Waals surface area contributed by atoms with Crippen molar-refractivity contribution >= 4 is 0 Å². The van der Waals surface area contributed by atoms with Crippen LogP contribution in [0.1, 0.15) is 42.6 Å². The molecule has 1 atom stereocenters. The van der Waals surface area contributed by atoms with Gasteiger partial charge in [-0.1, -0.05) is 30.3 Å². The molecule has 30 heavy (non-hydrogen) atoms. The first kappa shape index (κ1) is 19.4. The molecular formula is C25H31N5. The maximum absolute atomic E-state index is 4.50. The van der Waals surface area contributed by atoms with Gasteiger partial charge < -0.3 is 0 Å². The number of piperidine rings is 1. The summed E-state index contributed by atoms with van der Waals surface area (Å²) in [6, 6.07) is 15.1. The molecule has 5 nitrogen and oxygen atoms in total. The van der Waals surface area contributed by atoms with Crippen LogP contribution in [0.4, 0.5) is 0 Å². The average molecular weight is 402 g/mol. The van der Waals surface area contributed by atoms with E-state index in [0.29, 0.717) is 5.41 Å². The first-order valence-corrected chi connectivity index (χ1v) is 11.2. The van der Waals surface area contributed by atoms with Crippen molar-refractivity contribution in [1.82, 2.24) is 24.9 Å². The second kappa shape index (κ2) is 7.95. The molecule has 1 spiro atoms. The van der Waals surface area contributed by atoms with Crippen LogP contribution in [0.3, 0.4) is 0 Å². The molecule has 2 fully saturated rings. The number of hydrogen-bond donors (Lipinski definition) is 0. The molecule has 0 N–H and O–H groups in total. The zero-order valence-corrected chi connectivity index (χ0v) is 18.1. The van der Waals surface area contributed by atoms with Crippen LogP contribution in [-0.2, 0) is 20.0 Å². The molecule has 5 rings (SSSR count). The van der Waals surface area contributed by atoms with Gasteiger partial charge in [-0.2, -0.15) is 15.3 Å². The largest absolute Gasteiger partial charge is 0.299 e. The summed E-state index contributed by atoms with van der Waals surface area (Å²) >= 11 is 0. The van der Waals surface area contributed by atoms with Gasteiger partial charge in [0.15, 0.2) is 0 Å².